The minimum Gasteiger partial charge on any atom is -0.398 e. The van der Waals surface area contributed by atoms with E-state index in [1.165, 1.54) is 16.8 Å². The third-order valence-corrected chi connectivity index (χ3v) is 2.75. The summed E-state index contributed by atoms with van der Waals surface area (Å²) in [7, 11) is 0. The molecule has 4 N–H and O–H groups in total. The standard InChI is InChI=1S/C13H14N4O2/c1-8-5-16-13(19)17(6-8)7-10-3-2-9(12(15)18)4-11(10)14/h2-6H,7,14H2,1H3,(H2,15,18). The van der Waals surface area contributed by atoms with Crippen LogP contribution >= 0.6 is 0 Å². The fourth-order valence-corrected chi connectivity index (χ4v) is 1.75. The second-order valence-electron chi connectivity index (χ2n) is 4.32. The second kappa shape index (κ2) is 4.93. The molecule has 0 spiro atoms. The number of carbonyl (C=O) groups is 1. The van der Waals surface area contributed by atoms with E-state index in [0.717, 1.165) is 11.1 Å². The van der Waals surface area contributed by atoms with Crippen molar-refractivity contribution in [2.75, 3.05) is 5.73 Å². The Balaban J connectivity index is 2.36. The predicted molar refractivity (Wildman–Crippen MR) is 71.7 cm³/mol. The minimum atomic E-state index is -0.535. The molecule has 0 atom stereocenters. The number of primary amides is 1. The van der Waals surface area contributed by atoms with Gasteiger partial charge in [0.1, 0.15) is 0 Å². The van der Waals surface area contributed by atoms with Gasteiger partial charge >= 0.3 is 5.69 Å². The first-order chi connectivity index (χ1) is 8.97. The minimum absolute atomic E-state index is 0.304. The fraction of sp³-hybridized carbons (Fsp3) is 0.154. The van der Waals surface area contributed by atoms with Crippen molar-refractivity contribution < 1.29 is 4.79 Å². The number of amides is 1. The highest BCUT2D eigenvalue weighted by molar-refractivity contribution is 5.93. The maximum absolute atomic E-state index is 11.6. The van der Waals surface area contributed by atoms with E-state index in [1.807, 2.05) is 6.92 Å². The number of nitrogen functional groups attached to an aromatic ring is 1. The number of benzene rings is 1. The quantitative estimate of drug-likeness (QED) is 0.771. The van der Waals surface area contributed by atoms with Crippen molar-refractivity contribution in [1.82, 2.24) is 9.55 Å². The Kier molecular flexibility index (Phi) is 3.33. The molecule has 0 aliphatic rings. The highest BCUT2D eigenvalue weighted by Crippen LogP contribution is 2.15. The van der Waals surface area contributed by atoms with E-state index >= 15 is 0 Å². The number of hydrogen-bond donors (Lipinski definition) is 2. The molecule has 0 bridgehead atoms. The molecular formula is C13H14N4O2. The summed E-state index contributed by atoms with van der Waals surface area (Å²) in [5.74, 6) is -0.535. The van der Waals surface area contributed by atoms with Crippen LogP contribution in [0.5, 0.6) is 0 Å². The van der Waals surface area contributed by atoms with Gasteiger partial charge in [0.15, 0.2) is 0 Å². The summed E-state index contributed by atoms with van der Waals surface area (Å²) in [4.78, 5) is 26.4. The van der Waals surface area contributed by atoms with Crippen LogP contribution in [-0.2, 0) is 6.54 Å². The highest BCUT2D eigenvalue weighted by Gasteiger charge is 2.06. The smallest absolute Gasteiger partial charge is 0.347 e. The molecule has 0 fully saturated rings. The van der Waals surface area contributed by atoms with E-state index in [4.69, 9.17) is 11.5 Å². The molecule has 2 rings (SSSR count). The van der Waals surface area contributed by atoms with Gasteiger partial charge in [-0.3, -0.25) is 9.36 Å². The van der Waals surface area contributed by atoms with E-state index in [9.17, 15) is 9.59 Å². The van der Waals surface area contributed by atoms with Crippen molar-refractivity contribution in [2.24, 2.45) is 5.73 Å². The van der Waals surface area contributed by atoms with Gasteiger partial charge in [-0.25, -0.2) is 9.78 Å². The molecule has 0 saturated carbocycles. The summed E-state index contributed by atoms with van der Waals surface area (Å²) < 4.78 is 1.46. The molecule has 1 aromatic carbocycles. The van der Waals surface area contributed by atoms with E-state index in [-0.39, 0.29) is 5.69 Å². The number of rotatable bonds is 3. The SMILES string of the molecule is Cc1cnc(=O)n(Cc2ccc(C(N)=O)cc2N)c1. The van der Waals surface area contributed by atoms with Gasteiger partial charge in [0.25, 0.3) is 0 Å². The zero-order valence-electron chi connectivity index (χ0n) is 10.5. The van der Waals surface area contributed by atoms with Crippen LogP contribution in [-0.4, -0.2) is 15.5 Å². The average molecular weight is 258 g/mol. The van der Waals surface area contributed by atoms with Gasteiger partial charge in [0, 0.05) is 23.6 Å². The first-order valence-corrected chi connectivity index (χ1v) is 5.68. The zero-order chi connectivity index (χ0) is 14.0. The number of aromatic nitrogens is 2. The van der Waals surface area contributed by atoms with Gasteiger partial charge in [-0.05, 0) is 30.2 Å². The Morgan fingerprint density at radius 3 is 2.79 bits per heavy atom. The first kappa shape index (κ1) is 12.8. The molecule has 19 heavy (non-hydrogen) atoms. The van der Waals surface area contributed by atoms with Crippen LogP contribution in [0.3, 0.4) is 0 Å². The fourth-order valence-electron chi connectivity index (χ4n) is 1.75. The molecule has 1 heterocycles. The summed E-state index contributed by atoms with van der Waals surface area (Å²) in [5.41, 5.74) is 13.1. The number of aryl methyl sites for hydroxylation is 1. The number of anilines is 1. The van der Waals surface area contributed by atoms with Gasteiger partial charge in [-0.2, -0.15) is 0 Å². The summed E-state index contributed by atoms with van der Waals surface area (Å²) in [6.07, 6.45) is 3.22. The van der Waals surface area contributed by atoms with Crippen LogP contribution in [0, 0.1) is 6.92 Å². The zero-order valence-corrected chi connectivity index (χ0v) is 10.5. The van der Waals surface area contributed by atoms with Gasteiger partial charge in [-0.1, -0.05) is 6.07 Å². The van der Waals surface area contributed by atoms with Crippen molar-refractivity contribution in [2.45, 2.75) is 13.5 Å². The second-order valence-corrected chi connectivity index (χ2v) is 4.32. The van der Waals surface area contributed by atoms with Crippen molar-refractivity contribution in [3.05, 3.63) is 57.8 Å². The molecule has 6 heteroatoms. The molecule has 2 aromatic rings. The third kappa shape index (κ3) is 2.79. The van der Waals surface area contributed by atoms with E-state index in [2.05, 4.69) is 4.98 Å². The number of carbonyl (C=O) groups excluding carboxylic acids is 1. The molecule has 0 radical (unpaired) electrons. The molecule has 0 unspecified atom stereocenters. The van der Waals surface area contributed by atoms with Gasteiger partial charge in [-0.15, -0.1) is 0 Å². The average Bonchev–Trinajstić information content (AvgIpc) is 2.36. The Labute approximate surface area is 109 Å². The molecule has 1 amide bonds. The topological polar surface area (TPSA) is 104 Å². The molecule has 0 saturated heterocycles. The van der Waals surface area contributed by atoms with Gasteiger partial charge in [0.2, 0.25) is 5.91 Å². The molecule has 0 aliphatic carbocycles. The summed E-state index contributed by atoms with van der Waals surface area (Å²) in [6, 6.07) is 4.78. The van der Waals surface area contributed by atoms with Crippen molar-refractivity contribution >= 4 is 11.6 Å². The Bertz CT molecular complexity index is 691. The van der Waals surface area contributed by atoms with Crippen molar-refractivity contribution in [1.29, 1.82) is 0 Å². The van der Waals surface area contributed by atoms with Crippen LogP contribution in [0.2, 0.25) is 0 Å². The Morgan fingerprint density at radius 2 is 2.16 bits per heavy atom. The van der Waals surface area contributed by atoms with E-state index < -0.39 is 5.91 Å². The van der Waals surface area contributed by atoms with Gasteiger partial charge < -0.3 is 11.5 Å². The normalized spacial score (nSPS) is 10.4. The number of hydrogen-bond acceptors (Lipinski definition) is 4. The lowest BCUT2D eigenvalue weighted by atomic mass is 10.1. The summed E-state index contributed by atoms with van der Waals surface area (Å²) in [5, 5.41) is 0. The summed E-state index contributed by atoms with van der Waals surface area (Å²) in [6.45, 7) is 2.15. The maximum Gasteiger partial charge on any atom is 0.347 e. The molecule has 0 aliphatic heterocycles. The van der Waals surface area contributed by atoms with Gasteiger partial charge in [0.05, 0.1) is 6.54 Å². The third-order valence-electron chi connectivity index (χ3n) is 2.75. The predicted octanol–water partition coefficient (Wildman–Crippen LogP) is 0.281. The Morgan fingerprint density at radius 1 is 1.42 bits per heavy atom. The maximum atomic E-state index is 11.6. The van der Waals surface area contributed by atoms with Crippen LogP contribution in [0.15, 0.2) is 35.4 Å². The van der Waals surface area contributed by atoms with Crippen LogP contribution in [0.4, 0.5) is 5.69 Å². The largest absolute Gasteiger partial charge is 0.398 e. The van der Waals surface area contributed by atoms with Crippen LogP contribution < -0.4 is 17.2 Å². The first-order valence-electron chi connectivity index (χ1n) is 5.68. The molecular weight excluding hydrogens is 244 g/mol. The number of nitrogens with zero attached hydrogens (tertiary/aromatic N) is 2. The number of nitrogens with two attached hydrogens (primary N) is 2. The molecule has 98 valence electrons. The summed E-state index contributed by atoms with van der Waals surface area (Å²) >= 11 is 0. The Hall–Kier alpha value is -2.63. The van der Waals surface area contributed by atoms with E-state index in [0.29, 0.717) is 17.8 Å². The monoisotopic (exact) mass is 258 g/mol. The lowest BCUT2D eigenvalue weighted by molar-refractivity contribution is 0.100. The van der Waals surface area contributed by atoms with Crippen molar-refractivity contribution in [3.63, 3.8) is 0 Å². The van der Waals surface area contributed by atoms with Crippen LogP contribution in [0.25, 0.3) is 0 Å². The van der Waals surface area contributed by atoms with E-state index in [1.54, 1.807) is 18.3 Å². The lowest BCUT2D eigenvalue weighted by Crippen LogP contribution is -2.23. The molecule has 6 nitrogen and oxygen atoms in total. The van der Waals surface area contributed by atoms with Crippen molar-refractivity contribution in [3.8, 4) is 0 Å². The van der Waals surface area contributed by atoms with Crippen LogP contribution in [0.1, 0.15) is 21.5 Å². The molecule has 1 aromatic heterocycles. The highest BCUT2D eigenvalue weighted by atomic mass is 16.1. The lowest BCUT2D eigenvalue weighted by Gasteiger charge is -2.09.